The number of aromatic nitrogens is 4. The molecule has 6 heteroatoms. The summed E-state index contributed by atoms with van der Waals surface area (Å²) in [6.07, 6.45) is 13.7. The molecule has 8 bridgehead atoms. The molecule has 2 aliphatic rings. The summed E-state index contributed by atoms with van der Waals surface area (Å²) in [7, 11) is 0. The molecule has 5 nitrogen and oxygen atoms in total. The van der Waals surface area contributed by atoms with Crippen molar-refractivity contribution in [3.8, 4) is 44.5 Å². The molecule has 0 unspecified atom stereocenters. The third-order valence-electron chi connectivity index (χ3n) is 12.3. The van der Waals surface area contributed by atoms with Gasteiger partial charge >= 0.3 is 19.5 Å². The number of carbonyl (C=O) groups excluding carboxylic acids is 1. The van der Waals surface area contributed by atoms with Crippen molar-refractivity contribution in [1.82, 2.24) is 19.9 Å². The molecule has 0 saturated heterocycles. The van der Waals surface area contributed by atoms with E-state index < -0.39 is 0 Å². The van der Waals surface area contributed by atoms with Gasteiger partial charge in [0, 0.05) is 5.56 Å². The van der Waals surface area contributed by atoms with Crippen molar-refractivity contribution in [2.45, 2.75) is 55.4 Å². The molecular weight excluding hydrogens is 870 g/mol. The van der Waals surface area contributed by atoms with E-state index in [4.69, 9.17) is 19.9 Å². The van der Waals surface area contributed by atoms with E-state index >= 15 is 0 Å². The van der Waals surface area contributed by atoms with E-state index in [2.05, 4.69) is 183 Å². The van der Waals surface area contributed by atoms with Gasteiger partial charge in [0.2, 0.25) is 0 Å². The molecule has 0 atom stereocenters. The van der Waals surface area contributed by atoms with Gasteiger partial charge in [-0.3, -0.25) is 4.79 Å². The fraction of sp³-hybridized carbons (Fsp3) is 0.131. The van der Waals surface area contributed by atoms with Gasteiger partial charge in [-0.1, -0.05) is 172 Å². The normalized spacial score (nSPS) is 11.9. The zero-order valence-corrected chi connectivity index (χ0v) is 42.4. The number of nitrogens with zero attached hydrogens (tertiary/aromatic N) is 4. The average Bonchev–Trinajstić information content (AvgIpc) is 4.09. The zero-order chi connectivity index (χ0) is 45.8. The first-order chi connectivity index (χ1) is 31.8. The number of carbonyl (C=O) groups is 1. The van der Waals surface area contributed by atoms with E-state index in [1.54, 1.807) is 0 Å². The van der Waals surface area contributed by atoms with Gasteiger partial charge in [-0.05, 0) is 135 Å². The first kappa shape index (κ1) is 44.9. The molecule has 0 saturated carbocycles. The maximum Gasteiger partial charge on any atom is 2.00 e. The van der Waals surface area contributed by atoms with Crippen LogP contribution < -0.4 is 9.97 Å². The molecule has 0 fully saturated rings. The molecule has 8 aromatic rings. The van der Waals surface area contributed by atoms with Crippen molar-refractivity contribution >= 4 is 64.8 Å². The van der Waals surface area contributed by atoms with Crippen LogP contribution in [0, 0.1) is 55.4 Å². The van der Waals surface area contributed by atoms with Crippen LogP contribution >= 0.6 is 0 Å². The smallest absolute Gasteiger partial charge is 0.657 e. The van der Waals surface area contributed by atoms with Crippen molar-refractivity contribution < 1.29 is 24.3 Å². The number of hydrogen-bond acceptors (Lipinski definition) is 3. The van der Waals surface area contributed by atoms with Crippen molar-refractivity contribution in [3.05, 3.63) is 199 Å². The molecule has 5 heterocycles. The van der Waals surface area contributed by atoms with E-state index in [1.807, 2.05) is 24.3 Å². The predicted molar refractivity (Wildman–Crippen MR) is 277 cm³/mol. The Balaban J connectivity index is 0.00000562. The average molecular weight is 920 g/mol. The molecule has 0 aliphatic carbocycles. The number of fused-ring (bicyclic) bond motifs is 8. The Labute approximate surface area is 405 Å². The maximum atomic E-state index is 11.6. The van der Waals surface area contributed by atoms with Crippen LogP contribution in [0.15, 0.2) is 115 Å². The first-order valence-electron chi connectivity index (χ1n) is 22.5. The molecule has 10 rings (SSSR count). The number of aldehydes is 1. The van der Waals surface area contributed by atoms with Crippen LogP contribution in [0.2, 0.25) is 0 Å². The van der Waals surface area contributed by atoms with Crippen LogP contribution in [0.3, 0.4) is 0 Å². The Morgan fingerprint density at radius 2 is 0.716 bits per heavy atom. The number of benzene rings is 5. The zero-order valence-electron chi connectivity index (χ0n) is 39.4. The van der Waals surface area contributed by atoms with Gasteiger partial charge in [0.15, 0.2) is 0 Å². The first-order valence-corrected chi connectivity index (χ1v) is 22.5. The minimum atomic E-state index is 0. The molecule has 0 N–H and O–H groups in total. The van der Waals surface area contributed by atoms with E-state index in [1.165, 1.54) is 22.3 Å². The summed E-state index contributed by atoms with van der Waals surface area (Å²) >= 11 is 0. The Kier molecular flexibility index (Phi) is 12.2. The van der Waals surface area contributed by atoms with Crippen LogP contribution in [-0.4, -0.2) is 16.3 Å². The Bertz CT molecular complexity index is 3500. The van der Waals surface area contributed by atoms with Crippen molar-refractivity contribution in [3.63, 3.8) is 0 Å². The van der Waals surface area contributed by atoms with Crippen molar-refractivity contribution in [2.75, 3.05) is 0 Å². The molecule has 0 radical (unpaired) electrons. The standard InChI is InChI=1S/C61H51N4O.Zn/c1-35-21-36(2)26-46(25-35)57-50-15-16-51(62-50)58(47-27-37(3)22-38(4)28-47)53-19-20-55(64-53)60(49-31-41(7)24-42(8)32-49)61-45(14-13-43-9-11-44(34-66)12-10-43)33-56(65-61)59(54-18-17-52(57)63-54)48-29-39(5)23-40(6)30-48;/h9-34H,1-8H3,(H-,62,63,64,65,66);/q-1;+2/p-1. The third kappa shape index (κ3) is 9.02. The Morgan fingerprint density at radius 3 is 1.10 bits per heavy atom. The summed E-state index contributed by atoms with van der Waals surface area (Å²) < 4.78 is 0. The summed E-state index contributed by atoms with van der Waals surface area (Å²) in [5.41, 5.74) is 26.4. The van der Waals surface area contributed by atoms with E-state index in [9.17, 15) is 4.79 Å². The summed E-state index contributed by atoms with van der Waals surface area (Å²) in [6, 6.07) is 40.8. The van der Waals surface area contributed by atoms with Crippen molar-refractivity contribution in [2.24, 2.45) is 0 Å². The van der Waals surface area contributed by atoms with Crippen LogP contribution in [0.1, 0.15) is 88.8 Å². The van der Waals surface area contributed by atoms with Crippen molar-refractivity contribution in [1.29, 1.82) is 0 Å². The SMILES string of the molecule is Cc1cc(C)cc(-c2c3nc(c(-c4cc(C)cc(C)c4)c4cc(/C=C/c5ccc(C=O)cc5)c([n-]4)c(-c4cc(C)cc(C)c4)c4nc(c(-c5cc(C)cc(C)c5)c5ccc2[n-]5)C=C4)C=C3)c1.[Zn+2]. The molecule has 322 valence electrons. The molecule has 2 aliphatic heterocycles. The number of hydrogen-bond donors (Lipinski definition) is 0. The van der Waals surface area contributed by atoms with Crippen LogP contribution in [-0.2, 0) is 19.5 Å². The molecule has 67 heavy (non-hydrogen) atoms. The largest absolute Gasteiger partial charge is 2.00 e. The predicted octanol–water partition coefficient (Wildman–Crippen LogP) is 15.0. The second kappa shape index (κ2) is 18.2. The number of rotatable bonds is 7. The second-order valence-corrected chi connectivity index (χ2v) is 18.2. The van der Waals surface area contributed by atoms with Crippen LogP contribution in [0.4, 0.5) is 0 Å². The quantitative estimate of drug-likeness (QED) is 0.118. The maximum absolute atomic E-state index is 11.6. The molecular formula is C61H50N4OZn. The summed E-state index contributed by atoms with van der Waals surface area (Å²) in [6.45, 7) is 17.1. The minimum Gasteiger partial charge on any atom is -0.657 e. The summed E-state index contributed by atoms with van der Waals surface area (Å²) in [5.74, 6) is 0. The summed E-state index contributed by atoms with van der Waals surface area (Å²) in [5, 5.41) is 0. The van der Waals surface area contributed by atoms with Gasteiger partial charge in [-0.2, -0.15) is 0 Å². The van der Waals surface area contributed by atoms with Crippen LogP contribution in [0.5, 0.6) is 0 Å². The minimum absolute atomic E-state index is 0. The Morgan fingerprint density at radius 1 is 0.373 bits per heavy atom. The van der Waals surface area contributed by atoms with Gasteiger partial charge in [0.25, 0.3) is 0 Å². The Hall–Kier alpha value is -7.27. The van der Waals surface area contributed by atoms with E-state index in [0.29, 0.717) is 5.56 Å². The molecule has 0 spiro atoms. The third-order valence-corrected chi connectivity index (χ3v) is 12.3. The van der Waals surface area contributed by atoms with Gasteiger partial charge in [0.05, 0.1) is 22.8 Å². The molecule has 3 aromatic heterocycles. The molecule has 0 amide bonds. The van der Waals surface area contributed by atoms with Gasteiger partial charge in [0.1, 0.15) is 6.29 Å². The van der Waals surface area contributed by atoms with Crippen LogP contribution in [0.25, 0.3) is 103 Å². The fourth-order valence-corrected chi connectivity index (χ4v) is 9.84. The van der Waals surface area contributed by atoms with Gasteiger partial charge in [-0.15, -0.1) is 22.1 Å². The van der Waals surface area contributed by atoms with Gasteiger partial charge < -0.3 is 9.97 Å². The second-order valence-electron chi connectivity index (χ2n) is 18.2. The molecule has 5 aromatic carbocycles. The van der Waals surface area contributed by atoms with Gasteiger partial charge in [-0.25, -0.2) is 9.97 Å². The monoisotopic (exact) mass is 918 g/mol. The fourth-order valence-electron chi connectivity index (χ4n) is 9.84. The summed E-state index contributed by atoms with van der Waals surface area (Å²) in [4.78, 5) is 34.0. The number of aryl methyl sites for hydroxylation is 8. The van der Waals surface area contributed by atoms with E-state index in [-0.39, 0.29) is 19.5 Å². The topological polar surface area (TPSA) is 71.1 Å². The van der Waals surface area contributed by atoms with E-state index in [0.717, 1.165) is 129 Å².